The molecule has 0 radical (unpaired) electrons. The van der Waals surface area contributed by atoms with Crippen molar-refractivity contribution >= 4 is 43.4 Å². The molecule has 0 amide bonds. The number of rotatable bonds is 4. The molecule has 8 aromatic carbocycles. The molecule has 2 nitrogen and oxygen atoms in total. The number of aryl methyl sites for hydroxylation is 1. The highest BCUT2D eigenvalue weighted by Gasteiger charge is 2.17. The normalized spacial score (nSPS) is 11.6. The molecular formula is C44H30N2. The van der Waals surface area contributed by atoms with Crippen molar-refractivity contribution in [3.63, 3.8) is 0 Å². The maximum absolute atomic E-state index is 4.79. The van der Waals surface area contributed by atoms with Gasteiger partial charge in [0.2, 0.25) is 0 Å². The van der Waals surface area contributed by atoms with Gasteiger partial charge in [0.05, 0.1) is 11.0 Å². The molecule has 1 heterocycles. The van der Waals surface area contributed by atoms with Crippen LogP contribution in [0.1, 0.15) is 5.82 Å². The van der Waals surface area contributed by atoms with E-state index in [-0.39, 0.29) is 0 Å². The molecule has 0 atom stereocenters. The average Bonchev–Trinajstić information content (AvgIpc) is 3.46. The highest BCUT2D eigenvalue weighted by molar-refractivity contribution is 6.21. The van der Waals surface area contributed by atoms with Crippen LogP contribution in [-0.2, 0) is 0 Å². The summed E-state index contributed by atoms with van der Waals surface area (Å²) in [7, 11) is 0. The van der Waals surface area contributed by atoms with Crippen molar-refractivity contribution in [2.24, 2.45) is 0 Å². The van der Waals surface area contributed by atoms with Crippen LogP contribution in [0.15, 0.2) is 164 Å². The summed E-state index contributed by atoms with van der Waals surface area (Å²) in [6.45, 7) is 2.07. The van der Waals surface area contributed by atoms with Crippen molar-refractivity contribution in [1.29, 1.82) is 0 Å². The van der Waals surface area contributed by atoms with E-state index in [0.29, 0.717) is 0 Å². The van der Waals surface area contributed by atoms with Gasteiger partial charge in [0.25, 0.3) is 0 Å². The Morgan fingerprint density at radius 2 is 0.891 bits per heavy atom. The van der Waals surface area contributed by atoms with Crippen LogP contribution in [0.2, 0.25) is 0 Å². The fourth-order valence-corrected chi connectivity index (χ4v) is 7.29. The van der Waals surface area contributed by atoms with Gasteiger partial charge in [0, 0.05) is 5.69 Å². The van der Waals surface area contributed by atoms with Gasteiger partial charge in [0.1, 0.15) is 5.82 Å². The van der Waals surface area contributed by atoms with E-state index in [2.05, 4.69) is 169 Å². The fourth-order valence-electron chi connectivity index (χ4n) is 7.29. The summed E-state index contributed by atoms with van der Waals surface area (Å²) in [5.41, 5.74) is 10.7. The first kappa shape index (κ1) is 26.4. The van der Waals surface area contributed by atoms with Gasteiger partial charge in [-0.1, -0.05) is 140 Å². The van der Waals surface area contributed by atoms with E-state index in [4.69, 9.17) is 4.98 Å². The van der Waals surface area contributed by atoms with Crippen molar-refractivity contribution in [3.8, 4) is 39.1 Å². The van der Waals surface area contributed by atoms with Crippen LogP contribution in [-0.4, -0.2) is 9.55 Å². The Balaban J connectivity index is 1.20. The molecule has 216 valence electrons. The van der Waals surface area contributed by atoms with Gasteiger partial charge >= 0.3 is 0 Å². The number of hydrogen-bond acceptors (Lipinski definition) is 1. The van der Waals surface area contributed by atoms with E-state index in [1.807, 2.05) is 6.07 Å². The van der Waals surface area contributed by atoms with E-state index in [1.54, 1.807) is 0 Å². The average molecular weight is 587 g/mol. The quantitative estimate of drug-likeness (QED) is 0.188. The third-order valence-corrected chi connectivity index (χ3v) is 9.35. The second-order valence-electron chi connectivity index (χ2n) is 12.0. The Kier molecular flexibility index (Phi) is 6.07. The maximum atomic E-state index is 4.79. The van der Waals surface area contributed by atoms with Gasteiger partial charge in [-0.25, -0.2) is 4.98 Å². The van der Waals surface area contributed by atoms with Crippen LogP contribution in [0.5, 0.6) is 0 Å². The van der Waals surface area contributed by atoms with E-state index in [9.17, 15) is 0 Å². The highest BCUT2D eigenvalue weighted by atomic mass is 15.1. The minimum Gasteiger partial charge on any atom is -0.297 e. The van der Waals surface area contributed by atoms with E-state index >= 15 is 0 Å². The first-order valence-corrected chi connectivity index (χ1v) is 15.8. The zero-order chi connectivity index (χ0) is 30.6. The molecule has 0 saturated heterocycles. The zero-order valence-corrected chi connectivity index (χ0v) is 25.5. The number of para-hydroxylation sites is 2. The minimum atomic E-state index is 0.987. The highest BCUT2D eigenvalue weighted by Crippen LogP contribution is 2.44. The molecule has 9 rings (SSSR count). The van der Waals surface area contributed by atoms with Crippen molar-refractivity contribution < 1.29 is 0 Å². The number of fused-ring (bicyclic) bond motifs is 4. The van der Waals surface area contributed by atoms with Gasteiger partial charge < -0.3 is 0 Å². The molecule has 0 aliphatic heterocycles. The summed E-state index contributed by atoms with van der Waals surface area (Å²) in [6, 6.07) is 59.3. The molecule has 0 unspecified atom stereocenters. The van der Waals surface area contributed by atoms with Crippen molar-refractivity contribution in [1.82, 2.24) is 9.55 Å². The molecule has 0 saturated carbocycles. The van der Waals surface area contributed by atoms with Crippen LogP contribution >= 0.6 is 0 Å². The Morgan fingerprint density at radius 1 is 0.413 bits per heavy atom. The summed E-state index contributed by atoms with van der Waals surface area (Å²) < 4.78 is 2.24. The van der Waals surface area contributed by atoms with Crippen molar-refractivity contribution in [2.45, 2.75) is 6.92 Å². The molecule has 2 heteroatoms. The predicted octanol–water partition coefficient (Wildman–Crippen LogP) is 11.8. The van der Waals surface area contributed by atoms with Crippen LogP contribution in [0, 0.1) is 6.92 Å². The van der Waals surface area contributed by atoms with Crippen LogP contribution in [0.4, 0.5) is 0 Å². The van der Waals surface area contributed by atoms with E-state index in [0.717, 1.165) is 22.5 Å². The first-order valence-electron chi connectivity index (χ1n) is 15.8. The largest absolute Gasteiger partial charge is 0.297 e. The molecule has 46 heavy (non-hydrogen) atoms. The fraction of sp³-hybridized carbons (Fsp3) is 0.0227. The molecule has 0 bridgehead atoms. The number of benzene rings is 8. The lowest BCUT2D eigenvalue weighted by molar-refractivity contribution is 1.00. The smallest absolute Gasteiger partial charge is 0.111 e. The first-order chi connectivity index (χ1) is 22.7. The summed E-state index contributed by atoms with van der Waals surface area (Å²) in [4.78, 5) is 4.79. The van der Waals surface area contributed by atoms with Gasteiger partial charge in [-0.2, -0.15) is 0 Å². The predicted molar refractivity (Wildman–Crippen MR) is 195 cm³/mol. The molecule has 0 aliphatic carbocycles. The summed E-state index contributed by atoms with van der Waals surface area (Å²) in [5, 5.41) is 7.57. The van der Waals surface area contributed by atoms with Gasteiger partial charge in [0.15, 0.2) is 0 Å². The number of hydrogen-bond donors (Lipinski definition) is 0. The van der Waals surface area contributed by atoms with Crippen LogP contribution in [0.25, 0.3) is 82.4 Å². The molecule has 0 N–H and O–H groups in total. The Labute approximate surface area is 267 Å². The molecule has 0 fully saturated rings. The number of imidazole rings is 1. The Bertz CT molecular complexity index is 2510. The summed E-state index contributed by atoms with van der Waals surface area (Å²) in [5.74, 6) is 0.987. The molecule has 9 aromatic rings. The number of aromatic nitrogens is 2. The van der Waals surface area contributed by atoms with E-state index in [1.165, 1.54) is 65.7 Å². The van der Waals surface area contributed by atoms with Crippen molar-refractivity contribution in [2.75, 3.05) is 0 Å². The second kappa shape index (κ2) is 10.6. The van der Waals surface area contributed by atoms with E-state index < -0.39 is 0 Å². The Morgan fingerprint density at radius 3 is 1.52 bits per heavy atom. The van der Waals surface area contributed by atoms with Crippen LogP contribution < -0.4 is 0 Å². The van der Waals surface area contributed by atoms with Crippen molar-refractivity contribution in [3.05, 3.63) is 170 Å². The van der Waals surface area contributed by atoms with Gasteiger partial charge in [-0.05, 0) is 96.9 Å². The summed E-state index contributed by atoms with van der Waals surface area (Å²) >= 11 is 0. The third kappa shape index (κ3) is 4.15. The lowest BCUT2D eigenvalue weighted by Crippen LogP contribution is -1.97. The SMILES string of the molecule is Cc1nc2ccccc2n1-c1ccc(-c2c3ccccc3c(-c3ccc(-c4cccc5ccccc45)cc3)c3ccccc23)cc1. The monoisotopic (exact) mass is 586 g/mol. The number of nitrogens with zero attached hydrogens (tertiary/aromatic N) is 2. The molecular weight excluding hydrogens is 556 g/mol. The molecule has 0 spiro atoms. The lowest BCUT2D eigenvalue weighted by atomic mass is 9.85. The zero-order valence-electron chi connectivity index (χ0n) is 25.5. The minimum absolute atomic E-state index is 0.987. The Hall–Kier alpha value is -5.99. The molecule has 0 aliphatic rings. The lowest BCUT2D eigenvalue weighted by Gasteiger charge is -2.18. The van der Waals surface area contributed by atoms with Gasteiger partial charge in [-0.3, -0.25) is 4.57 Å². The standard InChI is InChI=1S/C44H30N2/c1-29-45-41-19-8-9-20-42(41)46(29)34-27-25-33(26-28-34)44-39-16-6-4-14-37(39)43(38-15-5-7-17-40(38)44)32-23-21-31(22-24-32)36-18-10-12-30-11-2-3-13-35(30)36/h2-28H,1H3. The summed E-state index contributed by atoms with van der Waals surface area (Å²) in [6.07, 6.45) is 0. The maximum Gasteiger partial charge on any atom is 0.111 e. The topological polar surface area (TPSA) is 17.8 Å². The second-order valence-corrected chi connectivity index (χ2v) is 12.0. The third-order valence-electron chi connectivity index (χ3n) is 9.35. The van der Waals surface area contributed by atoms with Gasteiger partial charge in [-0.15, -0.1) is 0 Å². The van der Waals surface area contributed by atoms with Crippen LogP contribution in [0.3, 0.4) is 0 Å². The molecule has 1 aromatic heterocycles.